The first-order valence-corrected chi connectivity index (χ1v) is 6.78. The first-order valence-electron chi connectivity index (χ1n) is 6.78. The van der Waals surface area contributed by atoms with Gasteiger partial charge in [0.05, 0.1) is 24.7 Å². The third kappa shape index (κ3) is 3.84. The molecule has 6 nitrogen and oxygen atoms in total. The van der Waals surface area contributed by atoms with Crippen molar-refractivity contribution in [3.8, 4) is 5.75 Å². The highest BCUT2D eigenvalue weighted by atomic mass is 16.6. The van der Waals surface area contributed by atoms with Gasteiger partial charge >= 0.3 is 0 Å². The molecule has 0 saturated carbocycles. The molecule has 0 saturated heterocycles. The Morgan fingerprint density at radius 1 is 1.35 bits per heavy atom. The molecule has 0 aliphatic carbocycles. The molecule has 0 aliphatic heterocycles. The maximum Gasteiger partial charge on any atom is 0.275 e. The van der Waals surface area contributed by atoms with Gasteiger partial charge in [0.1, 0.15) is 5.75 Å². The number of ether oxygens (including phenoxy) is 1. The van der Waals surface area contributed by atoms with Crippen LogP contribution in [0.1, 0.15) is 26.7 Å². The Balaban J connectivity index is 3.23. The number of nitro groups is 1. The lowest BCUT2D eigenvalue weighted by atomic mass is 10.1. The smallest absolute Gasteiger partial charge is 0.275 e. The van der Waals surface area contributed by atoms with Gasteiger partial charge < -0.3 is 14.7 Å². The van der Waals surface area contributed by atoms with Crippen LogP contribution in [0.2, 0.25) is 0 Å². The maximum absolute atomic E-state index is 11.0. The number of hydrogen-bond donors (Lipinski definition) is 1. The van der Waals surface area contributed by atoms with E-state index in [9.17, 15) is 15.2 Å². The zero-order valence-electron chi connectivity index (χ0n) is 12.2. The van der Waals surface area contributed by atoms with Gasteiger partial charge in [0.2, 0.25) is 0 Å². The number of nitrogens with zero attached hydrogens (tertiary/aromatic N) is 2. The van der Waals surface area contributed by atoms with Crippen molar-refractivity contribution in [2.24, 2.45) is 0 Å². The van der Waals surface area contributed by atoms with Crippen LogP contribution >= 0.6 is 0 Å². The Morgan fingerprint density at radius 3 is 2.45 bits per heavy atom. The molecule has 112 valence electrons. The van der Waals surface area contributed by atoms with E-state index in [1.807, 2.05) is 4.90 Å². The van der Waals surface area contributed by atoms with Crippen LogP contribution in [0, 0.1) is 10.1 Å². The lowest BCUT2D eigenvalue weighted by Gasteiger charge is -2.32. The van der Waals surface area contributed by atoms with E-state index in [1.165, 1.54) is 19.2 Å². The molecule has 0 unspecified atom stereocenters. The summed E-state index contributed by atoms with van der Waals surface area (Å²) in [7, 11) is 1.48. The number of non-ortho nitro benzene ring substituents is 1. The second-order valence-electron chi connectivity index (χ2n) is 4.53. The van der Waals surface area contributed by atoms with Crippen LogP contribution in [-0.4, -0.2) is 36.3 Å². The average Bonchev–Trinajstić information content (AvgIpc) is 2.46. The molecule has 0 heterocycles. The minimum Gasteiger partial charge on any atom is -0.496 e. The van der Waals surface area contributed by atoms with E-state index in [0.29, 0.717) is 18.0 Å². The molecule has 0 fully saturated rings. The molecular formula is C14H22N2O4. The summed E-state index contributed by atoms with van der Waals surface area (Å²) in [6.45, 7) is 4.57. The van der Waals surface area contributed by atoms with Gasteiger partial charge in [-0.15, -0.1) is 0 Å². The summed E-state index contributed by atoms with van der Waals surface area (Å²) < 4.78 is 5.13. The van der Waals surface area contributed by atoms with Crippen LogP contribution in [0.3, 0.4) is 0 Å². The maximum atomic E-state index is 11.0. The highest BCUT2D eigenvalue weighted by Gasteiger charge is 2.19. The first kappa shape index (κ1) is 16.2. The highest BCUT2D eigenvalue weighted by Crippen LogP contribution is 2.30. The van der Waals surface area contributed by atoms with Gasteiger partial charge in [0, 0.05) is 30.4 Å². The van der Waals surface area contributed by atoms with Crippen molar-refractivity contribution >= 4 is 11.4 Å². The zero-order chi connectivity index (χ0) is 15.1. The van der Waals surface area contributed by atoms with Gasteiger partial charge in [-0.3, -0.25) is 10.1 Å². The summed E-state index contributed by atoms with van der Waals surface area (Å²) in [5, 5.41) is 20.2. The topological polar surface area (TPSA) is 75.8 Å². The summed E-state index contributed by atoms with van der Waals surface area (Å²) in [5.74, 6) is 0.447. The summed E-state index contributed by atoms with van der Waals surface area (Å²) >= 11 is 0. The van der Waals surface area contributed by atoms with Crippen molar-refractivity contribution in [2.45, 2.75) is 32.7 Å². The van der Waals surface area contributed by atoms with Crippen molar-refractivity contribution in [3.05, 3.63) is 28.3 Å². The Kier molecular flexibility index (Phi) is 6.24. The van der Waals surface area contributed by atoms with Crippen LogP contribution in [0.15, 0.2) is 18.2 Å². The second kappa shape index (κ2) is 7.69. The third-order valence-corrected chi connectivity index (χ3v) is 3.38. The van der Waals surface area contributed by atoms with Crippen LogP contribution in [0.5, 0.6) is 5.75 Å². The van der Waals surface area contributed by atoms with E-state index in [4.69, 9.17) is 4.74 Å². The van der Waals surface area contributed by atoms with Gasteiger partial charge in [-0.1, -0.05) is 13.8 Å². The van der Waals surface area contributed by atoms with E-state index in [2.05, 4.69) is 13.8 Å². The predicted molar refractivity (Wildman–Crippen MR) is 78.5 cm³/mol. The molecule has 20 heavy (non-hydrogen) atoms. The van der Waals surface area contributed by atoms with Crippen molar-refractivity contribution in [2.75, 3.05) is 25.2 Å². The summed E-state index contributed by atoms with van der Waals surface area (Å²) in [5.41, 5.74) is 0.701. The summed E-state index contributed by atoms with van der Waals surface area (Å²) in [6, 6.07) is 4.92. The molecule has 0 amide bonds. The first-order chi connectivity index (χ1) is 9.57. The number of aliphatic hydroxyl groups is 1. The monoisotopic (exact) mass is 282 g/mol. The Bertz CT molecular complexity index is 447. The molecule has 1 aromatic carbocycles. The molecule has 0 aliphatic rings. The van der Waals surface area contributed by atoms with Crippen molar-refractivity contribution < 1.29 is 14.8 Å². The molecule has 0 radical (unpaired) electrons. The number of methoxy groups -OCH3 is 1. The van der Waals surface area contributed by atoms with E-state index in [1.54, 1.807) is 6.07 Å². The van der Waals surface area contributed by atoms with Gasteiger partial charge in [-0.2, -0.15) is 0 Å². The Hall–Kier alpha value is -1.82. The molecule has 0 spiro atoms. The molecule has 0 atom stereocenters. The quantitative estimate of drug-likeness (QED) is 0.586. The van der Waals surface area contributed by atoms with Gasteiger partial charge in [-0.25, -0.2) is 0 Å². The van der Waals surface area contributed by atoms with Gasteiger partial charge in [0.15, 0.2) is 0 Å². The Labute approximate surface area is 119 Å². The number of hydrogen-bond acceptors (Lipinski definition) is 5. The van der Waals surface area contributed by atoms with Crippen molar-refractivity contribution in [3.63, 3.8) is 0 Å². The fourth-order valence-corrected chi connectivity index (χ4v) is 2.32. The molecule has 6 heteroatoms. The fourth-order valence-electron chi connectivity index (χ4n) is 2.32. The minimum atomic E-state index is -0.434. The SMILES string of the molecule is CCC(CC)N(CCO)c1cc(OC)cc([N+](=O)[O-])c1. The van der Waals surface area contributed by atoms with E-state index < -0.39 is 4.92 Å². The van der Waals surface area contributed by atoms with Crippen LogP contribution in [0.4, 0.5) is 11.4 Å². The van der Waals surface area contributed by atoms with E-state index in [-0.39, 0.29) is 18.3 Å². The lowest BCUT2D eigenvalue weighted by molar-refractivity contribution is -0.384. The molecule has 0 bridgehead atoms. The standard InChI is InChI=1S/C14H22N2O4/c1-4-11(5-2)15(6-7-17)12-8-13(16(18)19)10-14(9-12)20-3/h8-11,17H,4-7H2,1-3H3. The Morgan fingerprint density at radius 2 is 2.00 bits per heavy atom. The number of nitro benzene ring substituents is 1. The largest absolute Gasteiger partial charge is 0.496 e. The van der Waals surface area contributed by atoms with Crippen LogP contribution < -0.4 is 9.64 Å². The highest BCUT2D eigenvalue weighted by molar-refractivity contribution is 5.58. The average molecular weight is 282 g/mol. The fraction of sp³-hybridized carbons (Fsp3) is 0.571. The zero-order valence-corrected chi connectivity index (χ0v) is 12.2. The normalized spacial score (nSPS) is 10.7. The minimum absolute atomic E-state index is 0.00150. The third-order valence-electron chi connectivity index (χ3n) is 3.38. The van der Waals surface area contributed by atoms with Crippen LogP contribution in [0.25, 0.3) is 0 Å². The number of anilines is 1. The van der Waals surface area contributed by atoms with E-state index >= 15 is 0 Å². The number of benzene rings is 1. The molecule has 1 aromatic rings. The molecule has 1 rings (SSSR count). The number of rotatable bonds is 8. The second-order valence-corrected chi connectivity index (χ2v) is 4.53. The van der Waals surface area contributed by atoms with E-state index in [0.717, 1.165) is 12.8 Å². The van der Waals surface area contributed by atoms with Gasteiger partial charge in [-0.05, 0) is 12.8 Å². The molecule has 1 N–H and O–H groups in total. The van der Waals surface area contributed by atoms with Crippen LogP contribution in [-0.2, 0) is 0 Å². The van der Waals surface area contributed by atoms with Crippen molar-refractivity contribution in [1.29, 1.82) is 0 Å². The molecular weight excluding hydrogens is 260 g/mol. The predicted octanol–water partition coefficient (Wildman–Crippen LogP) is 2.59. The van der Waals surface area contributed by atoms with Crippen molar-refractivity contribution in [1.82, 2.24) is 0 Å². The summed E-state index contributed by atoms with van der Waals surface area (Å²) in [6.07, 6.45) is 1.81. The van der Waals surface area contributed by atoms with Gasteiger partial charge in [0.25, 0.3) is 5.69 Å². The number of aliphatic hydroxyl groups excluding tert-OH is 1. The molecule has 0 aromatic heterocycles. The summed E-state index contributed by atoms with van der Waals surface area (Å²) in [4.78, 5) is 12.6. The lowest BCUT2D eigenvalue weighted by Crippen LogP contribution is -2.36.